The van der Waals surface area contributed by atoms with Crippen LogP contribution in [0, 0.1) is 0 Å². The molecule has 5 heteroatoms. The number of aliphatic imine (C=N–C) groups is 1. The molecule has 1 fully saturated rings. The first-order valence-corrected chi connectivity index (χ1v) is 8.43. The highest BCUT2D eigenvalue weighted by Crippen LogP contribution is 2.23. The fraction of sp³-hybridized carbons (Fsp3) is 0.263. The smallest absolute Gasteiger partial charge is 0.337 e. The summed E-state index contributed by atoms with van der Waals surface area (Å²) in [5, 5.41) is 9.30. The number of aromatic carboxylic acids is 1. The normalized spacial score (nSPS) is 15.0. The van der Waals surface area contributed by atoms with E-state index in [1.165, 1.54) is 31.0 Å². The van der Waals surface area contributed by atoms with Crippen LogP contribution < -0.4 is 4.90 Å². The van der Waals surface area contributed by atoms with Crippen molar-refractivity contribution in [2.75, 3.05) is 18.0 Å². The first-order valence-electron chi connectivity index (χ1n) is 8.05. The molecule has 2 aromatic carbocycles. The summed E-state index contributed by atoms with van der Waals surface area (Å²) in [5.41, 5.74) is 2.85. The zero-order chi connectivity index (χ0) is 16.9. The van der Waals surface area contributed by atoms with E-state index in [0.717, 1.165) is 18.7 Å². The Labute approximate surface area is 146 Å². The molecule has 3 rings (SSSR count). The fourth-order valence-electron chi connectivity index (χ4n) is 2.83. The van der Waals surface area contributed by atoms with Crippen molar-refractivity contribution >= 4 is 35.2 Å². The molecule has 1 saturated heterocycles. The maximum absolute atomic E-state index is 11.1. The van der Waals surface area contributed by atoms with Crippen molar-refractivity contribution in [2.45, 2.75) is 19.3 Å². The van der Waals surface area contributed by atoms with Gasteiger partial charge in [0.1, 0.15) is 0 Å². The Hall–Kier alpha value is -2.33. The van der Waals surface area contributed by atoms with E-state index in [4.69, 9.17) is 16.7 Å². The van der Waals surface area contributed by atoms with E-state index in [0.29, 0.717) is 5.69 Å². The van der Waals surface area contributed by atoms with E-state index < -0.39 is 5.97 Å². The number of anilines is 1. The molecule has 0 radical (unpaired) electrons. The predicted octanol–water partition coefficient (Wildman–Crippen LogP) is 4.78. The van der Waals surface area contributed by atoms with Crippen LogP contribution >= 0.6 is 11.6 Å². The third kappa shape index (κ3) is 3.95. The number of hydrogen-bond acceptors (Lipinski definition) is 3. The number of hydrogen-bond donors (Lipinski definition) is 1. The molecule has 0 unspecified atom stereocenters. The minimum Gasteiger partial charge on any atom is -0.478 e. The van der Waals surface area contributed by atoms with E-state index in [1.807, 2.05) is 12.1 Å². The number of rotatable bonds is 4. The Morgan fingerprint density at radius 2 is 1.79 bits per heavy atom. The van der Waals surface area contributed by atoms with Crippen LogP contribution in [0.5, 0.6) is 0 Å². The number of nitrogens with zero attached hydrogens (tertiary/aromatic N) is 2. The van der Waals surface area contributed by atoms with Gasteiger partial charge >= 0.3 is 5.97 Å². The molecule has 0 saturated carbocycles. The second-order valence-electron chi connectivity index (χ2n) is 5.87. The second kappa shape index (κ2) is 7.49. The van der Waals surface area contributed by atoms with E-state index in [-0.39, 0.29) is 10.6 Å². The lowest BCUT2D eigenvalue weighted by Crippen LogP contribution is -2.29. The van der Waals surface area contributed by atoms with E-state index in [9.17, 15) is 4.79 Å². The zero-order valence-electron chi connectivity index (χ0n) is 13.3. The first-order chi connectivity index (χ1) is 11.6. The van der Waals surface area contributed by atoms with Gasteiger partial charge < -0.3 is 10.0 Å². The summed E-state index contributed by atoms with van der Waals surface area (Å²) in [5.74, 6) is -1.05. The van der Waals surface area contributed by atoms with E-state index >= 15 is 0 Å². The van der Waals surface area contributed by atoms with Crippen molar-refractivity contribution in [3.8, 4) is 0 Å². The highest BCUT2D eigenvalue weighted by Gasteiger charge is 2.10. The molecular formula is C19H19ClN2O2. The van der Waals surface area contributed by atoms with Gasteiger partial charge in [-0.3, -0.25) is 4.99 Å². The minimum absolute atomic E-state index is 0.0618. The lowest BCUT2D eigenvalue weighted by Gasteiger charge is -2.28. The van der Waals surface area contributed by atoms with Gasteiger partial charge in [0, 0.05) is 25.0 Å². The van der Waals surface area contributed by atoms with Crippen molar-refractivity contribution in [1.29, 1.82) is 0 Å². The molecule has 1 aliphatic rings. The number of piperidine rings is 1. The summed E-state index contributed by atoms with van der Waals surface area (Å²) in [6, 6.07) is 13.0. The van der Waals surface area contributed by atoms with Gasteiger partial charge in [-0.15, -0.1) is 0 Å². The van der Waals surface area contributed by atoms with Crippen molar-refractivity contribution in [3.63, 3.8) is 0 Å². The highest BCUT2D eigenvalue weighted by molar-refractivity contribution is 6.33. The Morgan fingerprint density at radius 1 is 1.08 bits per heavy atom. The number of carboxylic acid groups (broad SMARTS) is 1. The number of carbonyl (C=O) groups is 1. The quantitative estimate of drug-likeness (QED) is 0.813. The topological polar surface area (TPSA) is 52.9 Å². The van der Waals surface area contributed by atoms with Gasteiger partial charge in [0.2, 0.25) is 0 Å². The maximum atomic E-state index is 11.1. The second-order valence-corrected chi connectivity index (χ2v) is 6.27. The molecule has 0 aromatic heterocycles. The Kier molecular flexibility index (Phi) is 5.16. The maximum Gasteiger partial charge on any atom is 0.337 e. The Morgan fingerprint density at radius 3 is 2.46 bits per heavy atom. The van der Waals surface area contributed by atoms with Crippen molar-refractivity contribution < 1.29 is 9.90 Å². The van der Waals surface area contributed by atoms with E-state index in [1.54, 1.807) is 18.3 Å². The van der Waals surface area contributed by atoms with Crippen LogP contribution in [0.15, 0.2) is 47.5 Å². The summed E-state index contributed by atoms with van der Waals surface area (Å²) in [6.07, 6.45) is 5.56. The van der Waals surface area contributed by atoms with Gasteiger partial charge in [-0.2, -0.15) is 0 Å². The monoisotopic (exact) mass is 342 g/mol. The van der Waals surface area contributed by atoms with Crippen LogP contribution in [0.4, 0.5) is 11.4 Å². The van der Waals surface area contributed by atoms with Crippen LogP contribution in [-0.4, -0.2) is 30.4 Å². The molecule has 0 spiro atoms. The van der Waals surface area contributed by atoms with Gasteiger partial charge in [0.15, 0.2) is 0 Å². The SMILES string of the molecule is O=C(O)c1cc(N=Cc2ccc(N3CCCCC3)cc2)ccc1Cl. The highest BCUT2D eigenvalue weighted by atomic mass is 35.5. The van der Waals surface area contributed by atoms with Crippen LogP contribution in [0.1, 0.15) is 35.2 Å². The van der Waals surface area contributed by atoms with Crippen LogP contribution in [-0.2, 0) is 0 Å². The van der Waals surface area contributed by atoms with Gasteiger partial charge in [0.25, 0.3) is 0 Å². The largest absolute Gasteiger partial charge is 0.478 e. The molecular weight excluding hydrogens is 324 g/mol. The molecule has 0 amide bonds. The lowest BCUT2D eigenvalue weighted by atomic mass is 10.1. The first kappa shape index (κ1) is 16.5. The third-order valence-corrected chi connectivity index (χ3v) is 4.49. The Balaban J connectivity index is 1.72. The van der Waals surface area contributed by atoms with Gasteiger partial charge in [-0.25, -0.2) is 4.79 Å². The zero-order valence-corrected chi connectivity index (χ0v) is 14.0. The van der Waals surface area contributed by atoms with Crippen molar-refractivity contribution in [1.82, 2.24) is 0 Å². The molecule has 2 aromatic rings. The van der Waals surface area contributed by atoms with E-state index in [2.05, 4.69) is 22.0 Å². The average Bonchev–Trinajstić information content (AvgIpc) is 2.62. The molecule has 1 aliphatic heterocycles. The lowest BCUT2D eigenvalue weighted by molar-refractivity contribution is 0.0697. The average molecular weight is 343 g/mol. The number of carboxylic acids is 1. The summed E-state index contributed by atoms with van der Waals surface area (Å²) >= 11 is 5.86. The molecule has 0 aliphatic carbocycles. The molecule has 124 valence electrons. The molecule has 24 heavy (non-hydrogen) atoms. The van der Waals surface area contributed by atoms with Gasteiger partial charge in [0.05, 0.1) is 16.3 Å². The standard InChI is InChI=1S/C19H19ClN2O2/c20-18-9-6-15(12-17(18)19(23)24)21-13-14-4-7-16(8-5-14)22-10-2-1-3-11-22/h4-9,12-13H,1-3,10-11H2,(H,23,24). The molecule has 0 atom stereocenters. The van der Waals surface area contributed by atoms with Crippen LogP contribution in [0.3, 0.4) is 0 Å². The molecule has 4 nitrogen and oxygen atoms in total. The number of benzene rings is 2. The third-order valence-electron chi connectivity index (χ3n) is 4.16. The predicted molar refractivity (Wildman–Crippen MR) is 98.2 cm³/mol. The van der Waals surface area contributed by atoms with Crippen molar-refractivity contribution in [3.05, 3.63) is 58.6 Å². The van der Waals surface area contributed by atoms with Crippen LogP contribution in [0.2, 0.25) is 5.02 Å². The molecule has 1 heterocycles. The Bertz CT molecular complexity index is 750. The summed E-state index contributed by atoms with van der Waals surface area (Å²) < 4.78 is 0. The van der Waals surface area contributed by atoms with Gasteiger partial charge in [-0.05, 0) is 55.2 Å². The number of halogens is 1. The van der Waals surface area contributed by atoms with Gasteiger partial charge in [-0.1, -0.05) is 23.7 Å². The summed E-state index contributed by atoms with van der Waals surface area (Å²) in [6.45, 7) is 2.24. The molecule has 0 bridgehead atoms. The molecule has 1 N–H and O–H groups in total. The summed E-state index contributed by atoms with van der Waals surface area (Å²) in [7, 11) is 0. The summed E-state index contributed by atoms with van der Waals surface area (Å²) in [4.78, 5) is 17.8. The minimum atomic E-state index is -1.05. The van der Waals surface area contributed by atoms with Crippen LogP contribution in [0.25, 0.3) is 0 Å². The van der Waals surface area contributed by atoms with Crippen molar-refractivity contribution in [2.24, 2.45) is 4.99 Å². The fourth-order valence-corrected chi connectivity index (χ4v) is 3.03.